The molecule has 3 rings (SSSR count). The monoisotopic (exact) mass is 328 g/mol. The second-order valence-electron chi connectivity index (χ2n) is 4.23. The summed E-state index contributed by atoms with van der Waals surface area (Å²) in [5, 5.41) is 0.467. The van der Waals surface area contributed by atoms with Gasteiger partial charge in [0.25, 0.3) is 5.56 Å². The van der Waals surface area contributed by atoms with E-state index in [1.165, 1.54) is 4.57 Å². The topological polar surface area (TPSA) is 52.0 Å². The normalized spacial score (nSPS) is 10.7. The van der Waals surface area contributed by atoms with Gasteiger partial charge in [0.05, 0.1) is 16.6 Å². The van der Waals surface area contributed by atoms with E-state index in [-0.39, 0.29) is 11.4 Å². The molecular formula is C15H9BrN2O2. The number of nitrogens with zero attached hydrogens (tertiary/aromatic N) is 2. The van der Waals surface area contributed by atoms with E-state index in [0.717, 1.165) is 4.47 Å². The highest BCUT2D eigenvalue weighted by Gasteiger charge is 2.12. The largest absolute Gasteiger partial charge is 0.294 e. The average molecular weight is 329 g/mol. The fraction of sp³-hybridized carbons (Fsp3) is 0. The molecule has 5 heteroatoms. The van der Waals surface area contributed by atoms with E-state index < -0.39 is 0 Å². The number of carbonyl (C=O) groups excluding carboxylic acids is 1. The molecule has 0 bridgehead atoms. The van der Waals surface area contributed by atoms with Crippen LogP contribution >= 0.6 is 15.9 Å². The predicted molar refractivity (Wildman–Crippen MR) is 80.4 cm³/mol. The van der Waals surface area contributed by atoms with Crippen molar-refractivity contribution >= 4 is 33.1 Å². The van der Waals surface area contributed by atoms with Gasteiger partial charge < -0.3 is 0 Å². The Labute approximate surface area is 122 Å². The number of rotatable bonds is 2. The maximum absolute atomic E-state index is 12.6. The van der Waals surface area contributed by atoms with Gasteiger partial charge in [0.15, 0.2) is 12.1 Å². The first-order valence-electron chi connectivity index (χ1n) is 5.93. The maximum Gasteiger partial charge on any atom is 0.266 e. The van der Waals surface area contributed by atoms with Gasteiger partial charge in [-0.05, 0) is 30.3 Å². The zero-order valence-electron chi connectivity index (χ0n) is 10.3. The third-order valence-electron chi connectivity index (χ3n) is 2.98. The van der Waals surface area contributed by atoms with Crippen molar-refractivity contribution in [3.8, 4) is 5.69 Å². The highest BCUT2D eigenvalue weighted by molar-refractivity contribution is 9.10. The Morgan fingerprint density at radius 1 is 1.10 bits per heavy atom. The van der Waals surface area contributed by atoms with Gasteiger partial charge in [0, 0.05) is 4.47 Å². The Bertz CT molecular complexity index is 857. The molecule has 0 spiro atoms. The summed E-state index contributed by atoms with van der Waals surface area (Å²) in [5.74, 6) is 0.0935. The van der Waals surface area contributed by atoms with Crippen molar-refractivity contribution in [1.82, 2.24) is 9.55 Å². The van der Waals surface area contributed by atoms with Gasteiger partial charge in [0.1, 0.15) is 0 Å². The van der Waals surface area contributed by atoms with Crippen LogP contribution in [0.25, 0.3) is 16.6 Å². The third-order valence-corrected chi connectivity index (χ3v) is 3.47. The van der Waals surface area contributed by atoms with E-state index in [1.807, 2.05) is 18.2 Å². The van der Waals surface area contributed by atoms with Crippen LogP contribution in [0.1, 0.15) is 10.6 Å². The van der Waals surface area contributed by atoms with Crippen molar-refractivity contribution in [2.24, 2.45) is 0 Å². The van der Waals surface area contributed by atoms with Crippen LogP contribution in [0, 0.1) is 0 Å². The van der Waals surface area contributed by atoms with Gasteiger partial charge >= 0.3 is 0 Å². The zero-order valence-corrected chi connectivity index (χ0v) is 11.9. The molecule has 0 saturated heterocycles. The van der Waals surface area contributed by atoms with Gasteiger partial charge in [-0.15, -0.1) is 0 Å². The summed E-state index contributed by atoms with van der Waals surface area (Å²) in [7, 11) is 0. The van der Waals surface area contributed by atoms with Crippen molar-refractivity contribution in [2.75, 3.05) is 0 Å². The molecule has 0 radical (unpaired) electrons. The zero-order chi connectivity index (χ0) is 14.1. The predicted octanol–water partition coefficient (Wildman–Crippen LogP) is 2.96. The van der Waals surface area contributed by atoms with Crippen LogP contribution in [0.2, 0.25) is 0 Å². The Kier molecular flexibility index (Phi) is 3.20. The highest BCUT2D eigenvalue weighted by atomic mass is 79.9. The molecule has 20 heavy (non-hydrogen) atoms. The lowest BCUT2D eigenvalue weighted by Gasteiger charge is -2.09. The molecule has 98 valence electrons. The van der Waals surface area contributed by atoms with Crippen molar-refractivity contribution < 1.29 is 4.79 Å². The molecule has 0 amide bonds. The van der Waals surface area contributed by atoms with E-state index in [9.17, 15) is 9.59 Å². The lowest BCUT2D eigenvalue weighted by molar-refractivity contribution is 0.111. The van der Waals surface area contributed by atoms with Crippen LogP contribution in [0.15, 0.2) is 57.8 Å². The molecule has 3 aromatic rings. The average Bonchev–Trinajstić information content (AvgIpc) is 2.48. The Morgan fingerprint density at radius 3 is 2.55 bits per heavy atom. The molecule has 4 nitrogen and oxygen atoms in total. The molecule has 1 aromatic heterocycles. The molecule has 0 aliphatic carbocycles. The van der Waals surface area contributed by atoms with Crippen LogP contribution in [-0.2, 0) is 0 Å². The molecule has 0 aliphatic rings. The molecule has 2 aromatic carbocycles. The fourth-order valence-electron chi connectivity index (χ4n) is 2.08. The number of aldehydes is 1. The summed E-state index contributed by atoms with van der Waals surface area (Å²) in [4.78, 5) is 28.1. The summed E-state index contributed by atoms with van der Waals surface area (Å²) in [6.45, 7) is 0. The second kappa shape index (κ2) is 5.02. The SMILES string of the molecule is O=Cc1nc2ccc(Br)cc2c(=O)n1-c1ccccc1. The van der Waals surface area contributed by atoms with Crippen molar-refractivity contribution in [2.45, 2.75) is 0 Å². The molecule has 0 saturated carbocycles. The smallest absolute Gasteiger partial charge is 0.266 e. The fourth-order valence-corrected chi connectivity index (χ4v) is 2.44. The summed E-state index contributed by atoms with van der Waals surface area (Å²) < 4.78 is 2.12. The third kappa shape index (κ3) is 2.06. The Balaban J connectivity index is 2.44. The number of benzene rings is 2. The molecule has 0 N–H and O–H groups in total. The number of para-hydroxylation sites is 1. The van der Waals surface area contributed by atoms with Crippen LogP contribution in [-0.4, -0.2) is 15.8 Å². The molecule has 0 aliphatic heterocycles. The second-order valence-corrected chi connectivity index (χ2v) is 5.14. The minimum Gasteiger partial charge on any atom is -0.294 e. The molecule has 0 unspecified atom stereocenters. The quantitative estimate of drug-likeness (QED) is 0.679. The number of hydrogen-bond donors (Lipinski definition) is 0. The highest BCUT2D eigenvalue weighted by Crippen LogP contribution is 2.17. The van der Waals surface area contributed by atoms with E-state index in [4.69, 9.17) is 0 Å². The van der Waals surface area contributed by atoms with E-state index in [2.05, 4.69) is 20.9 Å². The van der Waals surface area contributed by atoms with E-state index in [0.29, 0.717) is 22.9 Å². The van der Waals surface area contributed by atoms with Crippen LogP contribution in [0.4, 0.5) is 0 Å². The van der Waals surface area contributed by atoms with Gasteiger partial charge in [-0.2, -0.15) is 0 Å². The minimum atomic E-state index is -0.260. The number of fused-ring (bicyclic) bond motifs is 1. The van der Waals surface area contributed by atoms with E-state index in [1.54, 1.807) is 30.3 Å². The number of halogens is 1. The van der Waals surface area contributed by atoms with Crippen molar-refractivity contribution in [3.63, 3.8) is 0 Å². The first kappa shape index (κ1) is 12.7. The maximum atomic E-state index is 12.6. The standard InChI is InChI=1S/C15H9BrN2O2/c16-10-6-7-13-12(8-10)15(20)18(14(9-19)17-13)11-4-2-1-3-5-11/h1-9H. The van der Waals surface area contributed by atoms with Gasteiger partial charge in [-0.1, -0.05) is 34.1 Å². The van der Waals surface area contributed by atoms with Crippen LogP contribution in [0.3, 0.4) is 0 Å². The minimum absolute atomic E-state index is 0.0935. The summed E-state index contributed by atoms with van der Waals surface area (Å²) in [6.07, 6.45) is 0.593. The number of carbonyl (C=O) groups is 1. The lowest BCUT2D eigenvalue weighted by atomic mass is 10.2. The molecule has 0 atom stereocenters. The summed E-state index contributed by atoms with van der Waals surface area (Å²) in [6, 6.07) is 14.2. The van der Waals surface area contributed by atoms with Crippen molar-refractivity contribution in [1.29, 1.82) is 0 Å². The number of hydrogen-bond acceptors (Lipinski definition) is 3. The lowest BCUT2D eigenvalue weighted by Crippen LogP contribution is -2.23. The first-order valence-corrected chi connectivity index (χ1v) is 6.73. The molecule has 1 heterocycles. The Hall–Kier alpha value is -2.27. The Morgan fingerprint density at radius 2 is 1.85 bits per heavy atom. The van der Waals surface area contributed by atoms with Gasteiger partial charge in [0.2, 0.25) is 0 Å². The van der Waals surface area contributed by atoms with Crippen molar-refractivity contribution in [3.05, 3.63) is 69.2 Å². The molecular weight excluding hydrogens is 320 g/mol. The van der Waals surface area contributed by atoms with E-state index >= 15 is 0 Å². The first-order chi connectivity index (χ1) is 9.70. The molecule has 0 fully saturated rings. The van der Waals surface area contributed by atoms with Crippen LogP contribution < -0.4 is 5.56 Å². The summed E-state index contributed by atoms with van der Waals surface area (Å²) in [5.41, 5.74) is 0.867. The van der Waals surface area contributed by atoms with Gasteiger partial charge in [-0.3, -0.25) is 14.2 Å². The van der Waals surface area contributed by atoms with Gasteiger partial charge in [-0.25, -0.2) is 4.98 Å². The van der Waals surface area contributed by atoms with Crippen LogP contribution in [0.5, 0.6) is 0 Å². The summed E-state index contributed by atoms with van der Waals surface area (Å²) >= 11 is 3.34. The number of aromatic nitrogens is 2.